The van der Waals surface area contributed by atoms with Gasteiger partial charge >= 0.3 is 0 Å². The zero-order valence-corrected chi connectivity index (χ0v) is 11.8. The molecule has 0 unspecified atom stereocenters. The smallest absolute Gasteiger partial charge is 0.239 e. The standard InChI is InChI=1S/C12H21N5O2/c1-8-11(13-3)16-9(2)17-12(8)15-7-10(18)14-5-6-19-4/h5-7H2,1-4H3,(H,14,18)(H2,13,15,16,17). The van der Waals surface area contributed by atoms with Gasteiger partial charge < -0.3 is 20.7 Å². The highest BCUT2D eigenvalue weighted by molar-refractivity contribution is 5.80. The molecule has 0 aliphatic carbocycles. The zero-order chi connectivity index (χ0) is 14.3. The van der Waals surface area contributed by atoms with Crippen LogP contribution in [0.3, 0.4) is 0 Å². The van der Waals surface area contributed by atoms with Crippen LogP contribution in [0.5, 0.6) is 0 Å². The molecule has 3 N–H and O–H groups in total. The van der Waals surface area contributed by atoms with Crippen molar-refractivity contribution in [2.75, 3.05) is 44.5 Å². The van der Waals surface area contributed by atoms with E-state index in [0.29, 0.717) is 24.8 Å². The Morgan fingerprint density at radius 3 is 2.58 bits per heavy atom. The maximum atomic E-state index is 11.6. The number of hydrogen-bond acceptors (Lipinski definition) is 6. The summed E-state index contributed by atoms with van der Waals surface area (Å²) in [5.74, 6) is 1.98. The number of amides is 1. The molecule has 1 heterocycles. The number of rotatable bonds is 7. The summed E-state index contributed by atoms with van der Waals surface area (Å²) in [6.07, 6.45) is 0. The Morgan fingerprint density at radius 2 is 1.95 bits per heavy atom. The van der Waals surface area contributed by atoms with Gasteiger partial charge in [0.1, 0.15) is 17.5 Å². The van der Waals surface area contributed by atoms with Crippen molar-refractivity contribution in [2.24, 2.45) is 0 Å². The van der Waals surface area contributed by atoms with E-state index < -0.39 is 0 Å². The molecule has 0 aliphatic rings. The number of ether oxygens (including phenoxy) is 1. The first-order valence-corrected chi connectivity index (χ1v) is 6.11. The molecule has 1 amide bonds. The van der Waals surface area contributed by atoms with Gasteiger partial charge in [-0.05, 0) is 13.8 Å². The molecule has 7 nitrogen and oxygen atoms in total. The number of hydrogen-bond donors (Lipinski definition) is 3. The number of carbonyl (C=O) groups is 1. The van der Waals surface area contributed by atoms with Crippen LogP contribution < -0.4 is 16.0 Å². The van der Waals surface area contributed by atoms with Crippen molar-refractivity contribution in [3.8, 4) is 0 Å². The van der Waals surface area contributed by atoms with E-state index in [1.165, 1.54) is 0 Å². The minimum absolute atomic E-state index is 0.0984. The van der Waals surface area contributed by atoms with Crippen LogP contribution >= 0.6 is 0 Å². The van der Waals surface area contributed by atoms with Crippen molar-refractivity contribution >= 4 is 17.5 Å². The highest BCUT2D eigenvalue weighted by Crippen LogP contribution is 2.18. The van der Waals surface area contributed by atoms with E-state index in [2.05, 4.69) is 25.9 Å². The van der Waals surface area contributed by atoms with Crippen LogP contribution in [0.4, 0.5) is 11.6 Å². The second kappa shape index (κ2) is 7.52. The molecule has 0 radical (unpaired) electrons. The van der Waals surface area contributed by atoms with Gasteiger partial charge in [-0.15, -0.1) is 0 Å². The largest absolute Gasteiger partial charge is 0.383 e. The Hall–Kier alpha value is -1.89. The molecule has 0 saturated carbocycles. The minimum Gasteiger partial charge on any atom is -0.383 e. The number of aryl methyl sites for hydroxylation is 1. The van der Waals surface area contributed by atoms with Crippen LogP contribution in [-0.4, -0.2) is 49.7 Å². The maximum absolute atomic E-state index is 11.6. The van der Waals surface area contributed by atoms with Crippen molar-refractivity contribution in [2.45, 2.75) is 13.8 Å². The molecule has 0 aliphatic heterocycles. The summed E-state index contributed by atoms with van der Waals surface area (Å²) in [6.45, 7) is 4.88. The summed E-state index contributed by atoms with van der Waals surface area (Å²) in [5.41, 5.74) is 0.887. The maximum Gasteiger partial charge on any atom is 0.239 e. The molecular weight excluding hydrogens is 246 g/mol. The molecule has 0 fully saturated rings. The Morgan fingerprint density at radius 1 is 1.26 bits per heavy atom. The fourth-order valence-corrected chi connectivity index (χ4v) is 1.56. The van der Waals surface area contributed by atoms with Crippen LogP contribution in [0, 0.1) is 13.8 Å². The first-order valence-electron chi connectivity index (χ1n) is 6.11. The van der Waals surface area contributed by atoms with Crippen LogP contribution in [0.15, 0.2) is 0 Å². The van der Waals surface area contributed by atoms with E-state index in [1.54, 1.807) is 14.2 Å². The molecule has 0 spiro atoms. The van der Waals surface area contributed by atoms with E-state index in [1.807, 2.05) is 13.8 Å². The zero-order valence-electron chi connectivity index (χ0n) is 11.8. The van der Waals surface area contributed by atoms with Crippen molar-refractivity contribution in [1.29, 1.82) is 0 Å². The summed E-state index contributed by atoms with van der Waals surface area (Å²) in [4.78, 5) is 20.1. The third-order valence-electron chi connectivity index (χ3n) is 2.54. The highest BCUT2D eigenvalue weighted by Gasteiger charge is 2.09. The summed E-state index contributed by atoms with van der Waals surface area (Å²) in [7, 11) is 3.40. The lowest BCUT2D eigenvalue weighted by Gasteiger charge is -2.12. The topological polar surface area (TPSA) is 88.2 Å². The fourth-order valence-electron chi connectivity index (χ4n) is 1.56. The van der Waals surface area contributed by atoms with Crippen molar-refractivity contribution in [3.63, 3.8) is 0 Å². The van der Waals surface area contributed by atoms with Crippen LogP contribution in [-0.2, 0) is 9.53 Å². The number of methoxy groups -OCH3 is 1. The van der Waals surface area contributed by atoms with Gasteiger partial charge in [0, 0.05) is 26.3 Å². The van der Waals surface area contributed by atoms with Gasteiger partial charge in [-0.1, -0.05) is 0 Å². The van der Waals surface area contributed by atoms with E-state index >= 15 is 0 Å². The Balaban J connectivity index is 2.57. The molecule has 0 aromatic carbocycles. The second-order valence-electron chi connectivity index (χ2n) is 4.04. The summed E-state index contributed by atoms with van der Waals surface area (Å²) in [5, 5.41) is 8.74. The van der Waals surface area contributed by atoms with Crippen molar-refractivity contribution in [3.05, 3.63) is 11.4 Å². The molecule has 1 aromatic rings. The van der Waals surface area contributed by atoms with E-state index in [0.717, 1.165) is 11.4 Å². The van der Waals surface area contributed by atoms with Gasteiger partial charge in [0.25, 0.3) is 0 Å². The lowest BCUT2D eigenvalue weighted by Crippen LogP contribution is -2.32. The number of anilines is 2. The number of nitrogens with zero attached hydrogens (tertiary/aromatic N) is 2. The van der Waals surface area contributed by atoms with Crippen molar-refractivity contribution in [1.82, 2.24) is 15.3 Å². The van der Waals surface area contributed by atoms with Gasteiger partial charge in [-0.3, -0.25) is 4.79 Å². The summed E-state index contributed by atoms with van der Waals surface area (Å²) >= 11 is 0. The molecule has 0 saturated heterocycles. The van der Waals surface area contributed by atoms with E-state index in [-0.39, 0.29) is 12.5 Å². The average molecular weight is 267 g/mol. The molecule has 7 heteroatoms. The molecule has 106 valence electrons. The van der Waals surface area contributed by atoms with Gasteiger partial charge in [0.15, 0.2) is 0 Å². The molecular formula is C12H21N5O2. The SMILES string of the molecule is CNc1nc(C)nc(NCC(=O)NCCOC)c1C. The van der Waals surface area contributed by atoms with Crippen LogP contribution in [0.1, 0.15) is 11.4 Å². The lowest BCUT2D eigenvalue weighted by molar-refractivity contribution is -0.119. The molecule has 0 bridgehead atoms. The summed E-state index contributed by atoms with van der Waals surface area (Å²) < 4.78 is 4.86. The van der Waals surface area contributed by atoms with Gasteiger partial charge in [0.2, 0.25) is 5.91 Å². The lowest BCUT2D eigenvalue weighted by atomic mass is 10.3. The third-order valence-corrected chi connectivity index (χ3v) is 2.54. The quantitative estimate of drug-likeness (QED) is 0.616. The Bertz CT molecular complexity index is 436. The molecule has 1 rings (SSSR count). The number of nitrogens with one attached hydrogen (secondary N) is 3. The first kappa shape index (κ1) is 15.2. The molecule has 0 atom stereocenters. The third kappa shape index (κ3) is 4.70. The van der Waals surface area contributed by atoms with Gasteiger partial charge in [0.05, 0.1) is 13.2 Å². The van der Waals surface area contributed by atoms with Crippen LogP contribution in [0.2, 0.25) is 0 Å². The van der Waals surface area contributed by atoms with Gasteiger partial charge in [-0.2, -0.15) is 0 Å². The minimum atomic E-state index is -0.0984. The van der Waals surface area contributed by atoms with Crippen LogP contribution in [0.25, 0.3) is 0 Å². The fraction of sp³-hybridized carbons (Fsp3) is 0.583. The first-order chi connectivity index (χ1) is 9.08. The number of aromatic nitrogens is 2. The van der Waals surface area contributed by atoms with Crippen molar-refractivity contribution < 1.29 is 9.53 Å². The molecule has 19 heavy (non-hydrogen) atoms. The highest BCUT2D eigenvalue weighted by atomic mass is 16.5. The van der Waals surface area contributed by atoms with E-state index in [4.69, 9.17) is 4.74 Å². The number of carbonyl (C=O) groups excluding carboxylic acids is 1. The van der Waals surface area contributed by atoms with E-state index in [9.17, 15) is 4.79 Å². The van der Waals surface area contributed by atoms with Gasteiger partial charge in [-0.25, -0.2) is 9.97 Å². The predicted octanol–water partition coefficient (Wildman–Crippen LogP) is 0.310. The average Bonchev–Trinajstić information content (AvgIpc) is 2.39. The Kier molecular flexibility index (Phi) is 6.01. The Labute approximate surface area is 113 Å². The predicted molar refractivity (Wildman–Crippen MR) is 74.4 cm³/mol. The normalized spacial score (nSPS) is 10.1. The monoisotopic (exact) mass is 267 g/mol. The second-order valence-corrected chi connectivity index (χ2v) is 4.04. The molecule has 1 aromatic heterocycles. The summed E-state index contributed by atoms with van der Waals surface area (Å²) in [6, 6.07) is 0.